The van der Waals surface area contributed by atoms with Crippen LogP contribution in [0.2, 0.25) is 0 Å². The van der Waals surface area contributed by atoms with Gasteiger partial charge in [0.1, 0.15) is 11.8 Å². The summed E-state index contributed by atoms with van der Waals surface area (Å²) in [6, 6.07) is 4.15. The van der Waals surface area contributed by atoms with Crippen LogP contribution in [0.3, 0.4) is 0 Å². The van der Waals surface area contributed by atoms with Crippen LogP contribution in [0.15, 0.2) is 16.7 Å². The van der Waals surface area contributed by atoms with Crippen LogP contribution < -0.4 is 5.32 Å². The minimum Gasteiger partial charge on any atom is -0.374 e. The Bertz CT molecular complexity index is 754. The summed E-state index contributed by atoms with van der Waals surface area (Å²) >= 11 is 0. The van der Waals surface area contributed by atoms with Crippen LogP contribution >= 0.6 is 0 Å². The fourth-order valence-corrected chi connectivity index (χ4v) is 3.51. The van der Waals surface area contributed by atoms with Gasteiger partial charge in [0.05, 0.1) is 12.6 Å². The van der Waals surface area contributed by atoms with E-state index in [9.17, 15) is 4.79 Å². The third kappa shape index (κ3) is 3.66. The molecule has 1 fully saturated rings. The molecule has 142 valence electrons. The first-order chi connectivity index (χ1) is 12.5. The van der Waals surface area contributed by atoms with Crippen molar-refractivity contribution >= 4 is 5.91 Å². The van der Waals surface area contributed by atoms with Crippen molar-refractivity contribution in [3.8, 4) is 0 Å². The zero-order valence-corrected chi connectivity index (χ0v) is 15.9. The zero-order chi connectivity index (χ0) is 18.7. The van der Waals surface area contributed by atoms with Crippen LogP contribution in [0.4, 0.5) is 0 Å². The van der Waals surface area contributed by atoms with Gasteiger partial charge in [-0.2, -0.15) is 4.98 Å². The highest BCUT2D eigenvalue weighted by molar-refractivity contribution is 5.92. The number of hydrogen-bond donors (Lipinski definition) is 1. The Kier molecular flexibility index (Phi) is 5.73. The predicted molar refractivity (Wildman–Crippen MR) is 95.5 cm³/mol. The molecule has 2 atom stereocenters. The van der Waals surface area contributed by atoms with E-state index in [2.05, 4.69) is 20.4 Å². The molecule has 0 radical (unpaired) electrons. The van der Waals surface area contributed by atoms with Crippen LogP contribution in [0.25, 0.3) is 0 Å². The molecule has 3 rings (SSSR count). The summed E-state index contributed by atoms with van der Waals surface area (Å²) in [6.07, 6.45) is 3.16. The van der Waals surface area contributed by atoms with Gasteiger partial charge in [-0.05, 0) is 38.4 Å². The molecule has 0 spiro atoms. The van der Waals surface area contributed by atoms with E-state index in [-0.39, 0.29) is 18.1 Å². The maximum absolute atomic E-state index is 12.0. The summed E-state index contributed by atoms with van der Waals surface area (Å²) in [6.45, 7) is 3.44. The van der Waals surface area contributed by atoms with Crippen molar-refractivity contribution in [1.29, 1.82) is 0 Å². The van der Waals surface area contributed by atoms with Crippen LogP contribution in [0, 0.1) is 0 Å². The Balaban J connectivity index is 1.79. The van der Waals surface area contributed by atoms with E-state index in [4.69, 9.17) is 9.26 Å². The lowest BCUT2D eigenvalue weighted by molar-refractivity contribution is 0.0950. The van der Waals surface area contributed by atoms with E-state index in [0.29, 0.717) is 24.0 Å². The van der Waals surface area contributed by atoms with E-state index in [1.54, 1.807) is 14.2 Å². The number of methoxy groups -OCH3 is 1. The number of amides is 1. The smallest absolute Gasteiger partial charge is 0.267 e. The maximum Gasteiger partial charge on any atom is 0.267 e. The third-order valence-corrected chi connectivity index (χ3v) is 5.11. The quantitative estimate of drug-likeness (QED) is 0.849. The largest absolute Gasteiger partial charge is 0.374 e. The highest BCUT2D eigenvalue weighted by Gasteiger charge is 2.29. The first-order valence-electron chi connectivity index (χ1n) is 9.02. The van der Waals surface area contributed by atoms with Gasteiger partial charge in [-0.3, -0.25) is 9.69 Å². The highest BCUT2D eigenvalue weighted by Crippen LogP contribution is 2.32. The van der Waals surface area contributed by atoms with Gasteiger partial charge in [-0.15, -0.1) is 0 Å². The number of nitrogens with zero attached hydrogens (tertiary/aromatic N) is 4. The molecule has 1 saturated heterocycles. The molecular weight excluding hydrogens is 334 g/mol. The molecule has 3 heterocycles. The number of ether oxygens (including phenoxy) is 1. The van der Waals surface area contributed by atoms with E-state index >= 15 is 0 Å². The van der Waals surface area contributed by atoms with E-state index in [1.807, 2.05) is 30.7 Å². The van der Waals surface area contributed by atoms with Crippen LogP contribution in [-0.2, 0) is 18.3 Å². The molecule has 1 aliphatic rings. The van der Waals surface area contributed by atoms with Gasteiger partial charge in [0.15, 0.2) is 5.82 Å². The van der Waals surface area contributed by atoms with Crippen molar-refractivity contribution in [3.05, 3.63) is 35.2 Å². The van der Waals surface area contributed by atoms with Gasteiger partial charge in [0.25, 0.3) is 5.91 Å². The van der Waals surface area contributed by atoms with E-state index in [0.717, 1.165) is 31.5 Å². The van der Waals surface area contributed by atoms with E-state index in [1.165, 1.54) is 0 Å². The van der Waals surface area contributed by atoms with Crippen LogP contribution in [0.5, 0.6) is 0 Å². The highest BCUT2D eigenvalue weighted by atomic mass is 16.5. The minimum absolute atomic E-state index is 0.0730. The number of piperidine rings is 1. The average molecular weight is 361 g/mol. The second-order valence-electron chi connectivity index (χ2n) is 6.69. The fraction of sp³-hybridized carbons (Fsp3) is 0.611. The fourth-order valence-electron chi connectivity index (χ4n) is 3.51. The van der Waals surface area contributed by atoms with E-state index < -0.39 is 0 Å². The summed E-state index contributed by atoms with van der Waals surface area (Å²) in [5.74, 6) is 1.09. The molecule has 2 aromatic heterocycles. The summed E-state index contributed by atoms with van der Waals surface area (Å²) in [4.78, 5) is 18.8. The molecule has 8 nitrogen and oxygen atoms in total. The lowest BCUT2D eigenvalue weighted by Gasteiger charge is -2.35. The molecule has 1 amide bonds. The molecule has 26 heavy (non-hydrogen) atoms. The molecular formula is C18H27N5O3. The van der Waals surface area contributed by atoms with Crippen LogP contribution in [-0.4, -0.2) is 46.2 Å². The summed E-state index contributed by atoms with van der Waals surface area (Å²) < 4.78 is 12.6. The minimum atomic E-state index is -0.187. The topological polar surface area (TPSA) is 85.4 Å². The van der Waals surface area contributed by atoms with Crippen molar-refractivity contribution < 1.29 is 14.1 Å². The molecule has 2 aromatic rings. The maximum atomic E-state index is 12.0. The standard InChI is InChI=1S/C18H27N5O3/c1-12(25-4)17-20-16(26-21-17)11-23-10-6-5-7-14(23)13-8-9-15(22(13)3)18(24)19-2/h8-9,12,14H,5-7,10-11H2,1-4H3,(H,19,24)/t12-,14-/m1/s1. The summed E-state index contributed by atoms with van der Waals surface area (Å²) in [7, 11) is 5.22. The Morgan fingerprint density at radius 1 is 1.46 bits per heavy atom. The molecule has 0 aromatic carbocycles. The molecule has 1 aliphatic heterocycles. The number of nitrogens with one attached hydrogen (secondary N) is 1. The molecule has 1 N–H and O–H groups in total. The van der Waals surface area contributed by atoms with Gasteiger partial charge < -0.3 is 19.1 Å². The van der Waals surface area contributed by atoms with Crippen molar-refractivity contribution in [2.24, 2.45) is 7.05 Å². The molecule has 0 unspecified atom stereocenters. The SMILES string of the molecule is CNC(=O)c1ccc([C@H]2CCCCN2Cc2nc([C@@H](C)OC)no2)n1C. The Hall–Kier alpha value is -2.19. The second kappa shape index (κ2) is 8.01. The molecule has 8 heteroatoms. The second-order valence-corrected chi connectivity index (χ2v) is 6.69. The van der Waals surface area contributed by atoms with Gasteiger partial charge in [-0.25, -0.2) is 0 Å². The summed E-state index contributed by atoms with van der Waals surface area (Å²) in [5.41, 5.74) is 1.80. The monoisotopic (exact) mass is 361 g/mol. The van der Waals surface area contributed by atoms with Gasteiger partial charge in [0.2, 0.25) is 5.89 Å². The first-order valence-corrected chi connectivity index (χ1v) is 9.02. The number of carbonyl (C=O) groups excluding carboxylic acids is 1. The Morgan fingerprint density at radius 2 is 2.27 bits per heavy atom. The van der Waals surface area contributed by atoms with Crippen molar-refractivity contribution in [1.82, 2.24) is 24.9 Å². The molecule has 0 bridgehead atoms. The number of carbonyl (C=O) groups is 1. The Labute approximate surface area is 153 Å². The molecule has 0 aliphatic carbocycles. The van der Waals surface area contributed by atoms with Crippen molar-refractivity contribution in [2.45, 2.75) is 44.9 Å². The Morgan fingerprint density at radius 3 is 3.00 bits per heavy atom. The van der Waals surface area contributed by atoms with Crippen molar-refractivity contribution in [2.75, 3.05) is 20.7 Å². The van der Waals surface area contributed by atoms with Gasteiger partial charge in [-0.1, -0.05) is 11.6 Å². The summed E-state index contributed by atoms with van der Waals surface area (Å²) in [5, 5.41) is 6.70. The number of hydrogen-bond acceptors (Lipinski definition) is 6. The van der Waals surface area contributed by atoms with Gasteiger partial charge in [0, 0.05) is 26.9 Å². The first kappa shape index (κ1) is 18.6. The zero-order valence-electron chi connectivity index (χ0n) is 15.9. The van der Waals surface area contributed by atoms with Crippen LogP contribution in [0.1, 0.15) is 66.2 Å². The molecule has 0 saturated carbocycles. The van der Waals surface area contributed by atoms with Gasteiger partial charge >= 0.3 is 0 Å². The van der Waals surface area contributed by atoms with Crippen molar-refractivity contribution in [3.63, 3.8) is 0 Å². The number of aromatic nitrogens is 3. The third-order valence-electron chi connectivity index (χ3n) is 5.11. The number of rotatable bonds is 6. The lowest BCUT2D eigenvalue weighted by atomic mass is 9.99. The average Bonchev–Trinajstić information content (AvgIpc) is 3.28. The number of likely N-dealkylation sites (tertiary alicyclic amines) is 1. The lowest BCUT2D eigenvalue weighted by Crippen LogP contribution is -2.34. The predicted octanol–water partition coefficient (Wildman–Crippen LogP) is 2.20. The normalized spacial score (nSPS) is 19.5.